The predicted molar refractivity (Wildman–Crippen MR) is 51.6 cm³/mol. The molecule has 2 heteroatoms. The van der Waals surface area contributed by atoms with Gasteiger partial charge in [-0.25, -0.2) is 0 Å². The summed E-state index contributed by atoms with van der Waals surface area (Å²) in [7, 11) is 0. The van der Waals surface area contributed by atoms with Crippen LogP contribution in [0.1, 0.15) is 40.5 Å². The summed E-state index contributed by atoms with van der Waals surface area (Å²) in [6.07, 6.45) is 3.35. The van der Waals surface area contributed by atoms with Gasteiger partial charge in [-0.1, -0.05) is 34.1 Å². The van der Waals surface area contributed by atoms with Gasteiger partial charge in [0, 0.05) is 17.2 Å². The van der Waals surface area contributed by atoms with E-state index in [1.54, 1.807) is 6.08 Å². The summed E-state index contributed by atoms with van der Waals surface area (Å²) in [4.78, 5) is 11.4. The lowest BCUT2D eigenvalue weighted by atomic mass is 9.90. The Morgan fingerprint density at radius 2 is 1.92 bits per heavy atom. The fourth-order valence-corrected chi connectivity index (χ4v) is 0.746. The van der Waals surface area contributed by atoms with E-state index in [2.05, 4.69) is 0 Å². The second kappa shape index (κ2) is 4.29. The molecule has 0 aromatic carbocycles. The third-order valence-electron chi connectivity index (χ3n) is 1.59. The van der Waals surface area contributed by atoms with Crippen LogP contribution in [0.15, 0.2) is 11.8 Å². The second-order valence-electron chi connectivity index (χ2n) is 4.08. The van der Waals surface area contributed by atoms with E-state index in [1.807, 2.05) is 27.7 Å². The molecule has 0 aliphatic rings. The van der Waals surface area contributed by atoms with E-state index in [9.17, 15) is 4.79 Å². The van der Waals surface area contributed by atoms with Gasteiger partial charge < -0.3 is 5.73 Å². The highest BCUT2D eigenvalue weighted by Gasteiger charge is 2.18. The van der Waals surface area contributed by atoms with Crippen LogP contribution in [-0.2, 0) is 4.79 Å². The molecule has 12 heavy (non-hydrogen) atoms. The van der Waals surface area contributed by atoms with Gasteiger partial charge >= 0.3 is 0 Å². The first-order valence-corrected chi connectivity index (χ1v) is 4.38. The van der Waals surface area contributed by atoms with Gasteiger partial charge in [0.15, 0.2) is 5.78 Å². The van der Waals surface area contributed by atoms with Crippen LogP contribution in [-0.4, -0.2) is 5.78 Å². The Bertz CT molecular complexity index is 187. The van der Waals surface area contributed by atoms with Crippen LogP contribution in [0.5, 0.6) is 0 Å². The maximum atomic E-state index is 11.4. The highest BCUT2D eigenvalue weighted by molar-refractivity contribution is 5.94. The van der Waals surface area contributed by atoms with Gasteiger partial charge in [-0.2, -0.15) is 0 Å². The van der Waals surface area contributed by atoms with Crippen LogP contribution in [0.25, 0.3) is 0 Å². The van der Waals surface area contributed by atoms with E-state index in [-0.39, 0.29) is 11.2 Å². The van der Waals surface area contributed by atoms with Crippen molar-refractivity contribution in [3.8, 4) is 0 Å². The Kier molecular flexibility index (Phi) is 4.01. The van der Waals surface area contributed by atoms with Crippen LogP contribution in [0.3, 0.4) is 0 Å². The number of carbonyl (C=O) groups excluding carboxylic acids is 1. The number of rotatable bonds is 3. The molecule has 0 atom stereocenters. The smallest absolute Gasteiger partial charge is 0.162 e. The summed E-state index contributed by atoms with van der Waals surface area (Å²) in [5.41, 5.74) is 6.01. The molecule has 0 saturated heterocycles. The fourth-order valence-electron chi connectivity index (χ4n) is 0.746. The summed E-state index contributed by atoms with van der Waals surface area (Å²) in [5.74, 6) is 0.105. The largest absolute Gasteiger partial charge is 0.402 e. The molecule has 0 aromatic rings. The summed E-state index contributed by atoms with van der Waals surface area (Å²) >= 11 is 0. The molecule has 0 amide bonds. The Morgan fingerprint density at radius 1 is 1.42 bits per heavy atom. The zero-order chi connectivity index (χ0) is 9.78. The van der Waals surface area contributed by atoms with Crippen LogP contribution < -0.4 is 5.73 Å². The number of allylic oxidation sites excluding steroid dienone is 2. The Morgan fingerprint density at radius 3 is 2.25 bits per heavy atom. The third kappa shape index (κ3) is 4.16. The van der Waals surface area contributed by atoms with Crippen molar-refractivity contribution in [1.82, 2.24) is 0 Å². The Balaban J connectivity index is 4.24. The van der Waals surface area contributed by atoms with Crippen molar-refractivity contribution in [2.75, 3.05) is 0 Å². The van der Waals surface area contributed by atoms with Crippen molar-refractivity contribution in [3.63, 3.8) is 0 Å². The molecule has 0 heterocycles. The van der Waals surface area contributed by atoms with E-state index >= 15 is 0 Å². The summed E-state index contributed by atoms with van der Waals surface area (Å²) in [6, 6.07) is 0. The molecular weight excluding hydrogens is 150 g/mol. The molecule has 0 unspecified atom stereocenters. The molecule has 70 valence electrons. The monoisotopic (exact) mass is 169 g/mol. The van der Waals surface area contributed by atoms with Gasteiger partial charge in [-0.15, -0.1) is 0 Å². The van der Waals surface area contributed by atoms with Crippen molar-refractivity contribution >= 4 is 5.78 Å². The first-order chi connectivity index (χ1) is 5.38. The zero-order valence-corrected chi connectivity index (χ0v) is 8.48. The van der Waals surface area contributed by atoms with Crippen molar-refractivity contribution in [2.24, 2.45) is 11.1 Å². The molecule has 0 radical (unpaired) electrons. The molecular formula is C10H19NO. The van der Waals surface area contributed by atoms with Gasteiger partial charge in [-0.3, -0.25) is 4.79 Å². The third-order valence-corrected chi connectivity index (χ3v) is 1.59. The standard InChI is InChI=1S/C10H19NO/c1-5-6-8(11)7-9(12)10(2,3)4/h7H,5-6,11H2,1-4H3/b8-7-. The minimum Gasteiger partial charge on any atom is -0.402 e. The minimum atomic E-state index is -0.307. The fraction of sp³-hybridized carbons (Fsp3) is 0.700. The van der Waals surface area contributed by atoms with Gasteiger partial charge in [-0.05, 0) is 6.42 Å². The summed E-state index contributed by atoms with van der Waals surface area (Å²) in [5, 5.41) is 0. The minimum absolute atomic E-state index is 0.105. The molecule has 0 rings (SSSR count). The molecule has 0 aliphatic carbocycles. The lowest BCUT2D eigenvalue weighted by Crippen LogP contribution is -2.19. The van der Waals surface area contributed by atoms with E-state index in [4.69, 9.17) is 5.73 Å². The topological polar surface area (TPSA) is 43.1 Å². The van der Waals surface area contributed by atoms with Gasteiger partial charge in [0.2, 0.25) is 0 Å². The lowest BCUT2D eigenvalue weighted by molar-refractivity contribution is -0.121. The zero-order valence-electron chi connectivity index (χ0n) is 8.48. The van der Waals surface area contributed by atoms with Crippen molar-refractivity contribution in [3.05, 3.63) is 11.8 Å². The Hall–Kier alpha value is -0.790. The van der Waals surface area contributed by atoms with E-state index in [0.717, 1.165) is 12.8 Å². The number of ketones is 1. The Labute approximate surface area is 74.8 Å². The first kappa shape index (κ1) is 11.2. The van der Waals surface area contributed by atoms with Crippen LogP contribution >= 0.6 is 0 Å². The molecule has 0 aromatic heterocycles. The summed E-state index contributed by atoms with van der Waals surface area (Å²) < 4.78 is 0. The SMILES string of the molecule is CCC/C(N)=C/C(=O)C(C)(C)C. The average Bonchev–Trinajstić information content (AvgIpc) is 1.85. The molecule has 0 aliphatic heterocycles. The first-order valence-electron chi connectivity index (χ1n) is 4.38. The number of hydrogen-bond donors (Lipinski definition) is 1. The molecule has 0 saturated carbocycles. The normalized spacial score (nSPS) is 13.2. The summed E-state index contributed by atoms with van der Waals surface area (Å²) in [6.45, 7) is 7.73. The molecule has 2 nitrogen and oxygen atoms in total. The number of hydrogen-bond acceptors (Lipinski definition) is 2. The molecule has 2 N–H and O–H groups in total. The molecule has 0 spiro atoms. The highest BCUT2D eigenvalue weighted by Crippen LogP contribution is 2.16. The van der Waals surface area contributed by atoms with Crippen molar-refractivity contribution in [2.45, 2.75) is 40.5 Å². The second-order valence-corrected chi connectivity index (χ2v) is 4.08. The van der Waals surface area contributed by atoms with Crippen molar-refractivity contribution in [1.29, 1.82) is 0 Å². The van der Waals surface area contributed by atoms with Crippen LogP contribution in [0, 0.1) is 5.41 Å². The molecule has 0 fully saturated rings. The van der Waals surface area contributed by atoms with Gasteiger partial charge in [0.25, 0.3) is 0 Å². The van der Waals surface area contributed by atoms with E-state index in [0.29, 0.717) is 5.70 Å². The maximum Gasteiger partial charge on any atom is 0.162 e. The number of carbonyl (C=O) groups is 1. The van der Waals surface area contributed by atoms with E-state index < -0.39 is 0 Å². The van der Waals surface area contributed by atoms with Crippen molar-refractivity contribution < 1.29 is 4.79 Å². The van der Waals surface area contributed by atoms with Crippen LogP contribution in [0.2, 0.25) is 0 Å². The maximum absolute atomic E-state index is 11.4. The highest BCUT2D eigenvalue weighted by atomic mass is 16.1. The quantitative estimate of drug-likeness (QED) is 0.658. The molecule has 0 bridgehead atoms. The number of nitrogens with two attached hydrogens (primary N) is 1. The lowest BCUT2D eigenvalue weighted by Gasteiger charge is -2.13. The average molecular weight is 169 g/mol. The van der Waals surface area contributed by atoms with Crippen LogP contribution in [0.4, 0.5) is 0 Å². The van der Waals surface area contributed by atoms with Gasteiger partial charge in [0.05, 0.1) is 0 Å². The predicted octanol–water partition coefficient (Wildman–Crippen LogP) is 2.24. The van der Waals surface area contributed by atoms with E-state index in [1.165, 1.54) is 0 Å². The van der Waals surface area contributed by atoms with Gasteiger partial charge in [0.1, 0.15) is 0 Å².